The number of benzene rings is 1. The average molecular weight is 547 g/mol. The minimum Gasteiger partial charge on any atom is -0.427 e. The van der Waals surface area contributed by atoms with E-state index < -0.39 is 59.1 Å². The molecule has 1 aliphatic rings. The van der Waals surface area contributed by atoms with Crippen molar-refractivity contribution in [3.05, 3.63) is 62.5 Å². The molecule has 2 rings (SSSR count). The second-order valence-corrected chi connectivity index (χ2v) is 11.0. The summed E-state index contributed by atoms with van der Waals surface area (Å²) in [6.07, 6.45) is 0. The van der Waals surface area contributed by atoms with E-state index >= 15 is 0 Å². The third kappa shape index (κ3) is 7.88. The van der Waals surface area contributed by atoms with Crippen LogP contribution < -0.4 is 5.32 Å². The maximum atomic E-state index is 13.2. The molecule has 0 saturated carbocycles. The Bertz CT molecular complexity index is 1170. The number of nitrogens with zero attached hydrogens (tertiary/aromatic N) is 1. The van der Waals surface area contributed by atoms with Gasteiger partial charge in [0.05, 0.1) is 32.8 Å². The van der Waals surface area contributed by atoms with Gasteiger partial charge in [-0.2, -0.15) is 0 Å². The highest BCUT2D eigenvalue weighted by Gasteiger charge is 2.39. The van der Waals surface area contributed by atoms with Crippen molar-refractivity contribution in [1.29, 1.82) is 0 Å². The summed E-state index contributed by atoms with van der Waals surface area (Å²) >= 11 is 0. The lowest BCUT2D eigenvalue weighted by atomic mass is 9.80. The van der Waals surface area contributed by atoms with Gasteiger partial charge in [0.25, 0.3) is 5.69 Å². The summed E-state index contributed by atoms with van der Waals surface area (Å²) in [7, 11) is 0. The van der Waals surface area contributed by atoms with Gasteiger partial charge in [-0.3, -0.25) is 19.7 Å². The Hall–Kier alpha value is -4.22. The van der Waals surface area contributed by atoms with Crippen LogP contribution >= 0.6 is 0 Å². The van der Waals surface area contributed by atoms with Crippen LogP contribution in [0.3, 0.4) is 0 Å². The molecular formula is C27H34N2O10. The second-order valence-electron chi connectivity index (χ2n) is 11.0. The van der Waals surface area contributed by atoms with Crippen molar-refractivity contribution >= 4 is 29.6 Å². The quantitative estimate of drug-likeness (QED) is 0.217. The zero-order chi connectivity index (χ0) is 29.7. The highest BCUT2D eigenvalue weighted by Crippen LogP contribution is 2.40. The molecule has 0 atom stereocenters. The third-order valence-electron chi connectivity index (χ3n) is 5.60. The molecule has 212 valence electrons. The summed E-state index contributed by atoms with van der Waals surface area (Å²) in [6, 6.07) is 5.44. The standard InChI is InChI=1S/C27H34N2O10/c1-15-19(22(30)36-13-38-24(32)26(3,4)5)21(17-10-9-11-18(12-17)29(34)35)20(16(2)28-15)23(31)37-14-39-25(33)27(6,7)8/h9-12,21,28H,13-14H2,1-8H3. The van der Waals surface area contributed by atoms with Crippen LogP contribution in [0.25, 0.3) is 0 Å². The van der Waals surface area contributed by atoms with Crippen molar-refractivity contribution in [2.75, 3.05) is 13.6 Å². The number of nitrogens with one attached hydrogen (secondary N) is 1. The Morgan fingerprint density at radius 1 is 0.821 bits per heavy atom. The number of hydrogen-bond donors (Lipinski definition) is 1. The maximum absolute atomic E-state index is 13.2. The number of dihydropyridines is 1. The van der Waals surface area contributed by atoms with Gasteiger partial charge in [-0.1, -0.05) is 12.1 Å². The average Bonchev–Trinajstić information content (AvgIpc) is 2.81. The van der Waals surface area contributed by atoms with Gasteiger partial charge in [-0.25, -0.2) is 9.59 Å². The van der Waals surface area contributed by atoms with E-state index in [4.69, 9.17) is 18.9 Å². The van der Waals surface area contributed by atoms with Crippen LogP contribution in [0.2, 0.25) is 0 Å². The molecule has 0 aliphatic carbocycles. The number of hydrogen-bond acceptors (Lipinski definition) is 11. The number of nitro benzene ring substituents is 1. The fourth-order valence-corrected chi connectivity index (χ4v) is 3.55. The SMILES string of the molecule is CC1=C(C(=O)OCOC(=O)C(C)(C)C)C(c2cccc([N+](=O)[O-])c2)C(C(=O)OCOC(=O)C(C)(C)C)=C(C)N1. The molecule has 1 aromatic rings. The molecule has 1 heterocycles. The second kappa shape index (κ2) is 12.1. The van der Waals surface area contributed by atoms with E-state index in [0.717, 1.165) is 0 Å². The van der Waals surface area contributed by atoms with Crippen molar-refractivity contribution in [2.45, 2.75) is 61.3 Å². The first-order valence-corrected chi connectivity index (χ1v) is 12.1. The van der Waals surface area contributed by atoms with Crippen LogP contribution in [0.1, 0.15) is 66.9 Å². The number of nitro groups is 1. The Morgan fingerprint density at radius 3 is 1.64 bits per heavy atom. The van der Waals surface area contributed by atoms with Gasteiger partial charge in [0.15, 0.2) is 0 Å². The van der Waals surface area contributed by atoms with Gasteiger partial charge in [0, 0.05) is 23.5 Å². The first-order chi connectivity index (χ1) is 17.9. The number of rotatable bonds is 8. The van der Waals surface area contributed by atoms with E-state index in [2.05, 4.69) is 5.32 Å². The van der Waals surface area contributed by atoms with Crippen LogP contribution in [0.5, 0.6) is 0 Å². The molecule has 0 bridgehead atoms. The van der Waals surface area contributed by atoms with E-state index in [1.807, 2.05) is 0 Å². The number of non-ortho nitro benzene ring substituents is 1. The van der Waals surface area contributed by atoms with Gasteiger partial charge in [0.1, 0.15) is 0 Å². The first-order valence-electron chi connectivity index (χ1n) is 12.1. The van der Waals surface area contributed by atoms with Gasteiger partial charge < -0.3 is 24.3 Å². The summed E-state index contributed by atoms with van der Waals surface area (Å²) in [4.78, 5) is 61.5. The van der Waals surface area contributed by atoms with E-state index in [1.54, 1.807) is 55.4 Å². The van der Waals surface area contributed by atoms with Gasteiger partial charge in [-0.05, 0) is 61.0 Å². The number of carbonyl (C=O) groups is 4. The normalized spacial score (nSPS) is 14.4. The van der Waals surface area contributed by atoms with Crippen molar-refractivity contribution in [3.8, 4) is 0 Å². The van der Waals surface area contributed by atoms with Gasteiger partial charge >= 0.3 is 23.9 Å². The summed E-state index contributed by atoms with van der Waals surface area (Å²) in [5.41, 5.74) is -1.15. The summed E-state index contributed by atoms with van der Waals surface area (Å²) < 4.78 is 20.5. The van der Waals surface area contributed by atoms with E-state index in [0.29, 0.717) is 11.4 Å². The zero-order valence-corrected chi connectivity index (χ0v) is 23.3. The molecule has 1 aromatic carbocycles. The minimum atomic E-state index is -1.15. The van der Waals surface area contributed by atoms with Crippen LogP contribution in [-0.2, 0) is 38.1 Å². The largest absolute Gasteiger partial charge is 0.427 e. The predicted octanol–water partition coefficient (Wildman–Crippen LogP) is 4.01. The molecule has 0 amide bonds. The highest BCUT2D eigenvalue weighted by atomic mass is 16.7. The topological polar surface area (TPSA) is 160 Å². The zero-order valence-electron chi connectivity index (χ0n) is 23.3. The molecule has 0 unspecified atom stereocenters. The molecule has 39 heavy (non-hydrogen) atoms. The molecule has 0 saturated heterocycles. The smallest absolute Gasteiger partial charge is 0.339 e. The summed E-state index contributed by atoms with van der Waals surface area (Å²) in [5.74, 6) is -4.18. The molecule has 1 N–H and O–H groups in total. The van der Waals surface area contributed by atoms with Gasteiger partial charge in [-0.15, -0.1) is 0 Å². The number of carbonyl (C=O) groups excluding carboxylic acids is 4. The van der Waals surface area contributed by atoms with Crippen LogP contribution in [0.15, 0.2) is 46.8 Å². The Labute approximate surface area is 226 Å². The predicted molar refractivity (Wildman–Crippen MR) is 137 cm³/mol. The first kappa shape index (κ1) is 31.0. The van der Waals surface area contributed by atoms with Gasteiger partial charge in [0.2, 0.25) is 13.6 Å². The lowest BCUT2D eigenvalue weighted by Gasteiger charge is -2.30. The minimum absolute atomic E-state index is 0.0495. The fraction of sp³-hybridized carbons (Fsp3) is 0.481. The fourth-order valence-electron chi connectivity index (χ4n) is 3.55. The molecule has 12 nitrogen and oxygen atoms in total. The van der Waals surface area contributed by atoms with Crippen LogP contribution in [0.4, 0.5) is 5.69 Å². The third-order valence-corrected chi connectivity index (χ3v) is 5.60. The van der Waals surface area contributed by atoms with Crippen molar-refractivity contribution in [1.82, 2.24) is 5.32 Å². The maximum Gasteiger partial charge on any atom is 0.339 e. The van der Waals surface area contributed by atoms with Crippen molar-refractivity contribution < 1.29 is 43.0 Å². The Balaban J connectivity index is 2.43. The highest BCUT2D eigenvalue weighted by molar-refractivity contribution is 6.00. The molecule has 0 fully saturated rings. The molecule has 0 aromatic heterocycles. The van der Waals surface area contributed by atoms with E-state index in [-0.39, 0.29) is 22.4 Å². The monoisotopic (exact) mass is 546 g/mol. The Kier molecular flexibility index (Phi) is 9.61. The molecule has 0 spiro atoms. The molecular weight excluding hydrogens is 512 g/mol. The molecule has 12 heteroatoms. The number of esters is 4. The van der Waals surface area contributed by atoms with Crippen molar-refractivity contribution in [3.63, 3.8) is 0 Å². The number of allylic oxidation sites excluding steroid dienone is 2. The molecule has 0 radical (unpaired) electrons. The van der Waals surface area contributed by atoms with Crippen molar-refractivity contribution in [2.24, 2.45) is 10.8 Å². The summed E-state index contributed by atoms with van der Waals surface area (Å²) in [6.45, 7) is 11.6. The summed E-state index contributed by atoms with van der Waals surface area (Å²) in [5, 5.41) is 14.4. The molecule has 1 aliphatic heterocycles. The number of ether oxygens (including phenoxy) is 4. The lowest BCUT2D eigenvalue weighted by Crippen LogP contribution is -2.33. The van der Waals surface area contributed by atoms with Crippen LogP contribution in [-0.4, -0.2) is 42.4 Å². The van der Waals surface area contributed by atoms with E-state index in [1.165, 1.54) is 24.3 Å². The Morgan fingerprint density at radius 2 is 1.26 bits per heavy atom. The lowest BCUT2D eigenvalue weighted by molar-refractivity contribution is -0.384. The van der Waals surface area contributed by atoms with Crippen LogP contribution in [0, 0.1) is 20.9 Å². The van der Waals surface area contributed by atoms with E-state index in [9.17, 15) is 29.3 Å².